The molecule has 0 saturated heterocycles. The molecule has 3 N–H and O–H groups in total. The number of hydrogen-bond donors (Lipinski definition) is 2. The second-order valence-corrected chi connectivity index (χ2v) is 5.23. The highest BCUT2D eigenvalue weighted by molar-refractivity contribution is 9.10. The lowest BCUT2D eigenvalue weighted by atomic mass is 10.0. The van der Waals surface area contributed by atoms with Crippen LogP contribution in [0.15, 0.2) is 39.4 Å². The van der Waals surface area contributed by atoms with Gasteiger partial charge in [-0.1, -0.05) is 15.9 Å². The number of hydrazine groups is 1. The van der Waals surface area contributed by atoms with Crippen molar-refractivity contribution in [2.75, 3.05) is 7.11 Å². The van der Waals surface area contributed by atoms with E-state index in [0.717, 1.165) is 33.5 Å². The van der Waals surface area contributed by atoms with E-state index in [1.165, 1.54) is 0 Å². The van der Waals surface area contributed by atoms with E-state index in [4.69, 9.17) is 15.0 Å². The zero-order valence-electron chi connectivity index (χ0n) is 10.9. The highest BCUT2D eigenvalue weighted by Gasteiger charge is 2.15. The van der Waals surface area contributed by atoms with Gasteiger partial charge in [-0.05, 0) is 43.2 Å². The van der Waals surface area contributed by atoms with Gasteiger partial charge in [-0.2, -0.15) is 0 Å². The predicted molar refractivity (Wildman–Crippen MR) is 77.9 cm³/mol. The van der Waals surface area contributed by atoms with Gasteiger partial charge in [-0.3, -0.25) is 11.3 Å². The summed E-state index contributed by atoms with van der Waals surface area (Å²) < 4.78 is 11.6. The molecule has 19 heavy (non-hydrogen) atoms. The Bertz CT molecular complexity index is 554. The van der Waals surface area contributed by atoms with Crippen LogP contribution in [0.2, 0.25) is 0 Å². The van der Waals surface area contributed by atoms with Crippen molar-refractivity contribution in [3.8, 4) is 5.75 Å². The molecule has 1 unspecified atom stereocenters. The standard InChI is InChI=1S/C14H17BrN2O2/c1-9-5-11(8-19-9)14(17-16)7-10-6-12(18-2)3-4-13(10)15/h3-6,8,14,17H,7,16H2,1-2H3. The molecule has 0 saturated carbocycles. The van der Waals surface area contributed by atoms with Gasteiger partial charge < -0.3 is 9.15 Å². The number of ether oxygens (including phenoxy) is 1. The molecule has 1 atom stereocenters. The Balaban J connectivity index is 2.23. The fraction of sp³-hybridized carbons (Fsp3) is 0.286. The number of furan rings is 1. The van der Waals surface area contributed by atoms with Crippen molar-refractivity contribution in [1.29, 1.82) is 0 Å². The molecule has 0 fully saturated rings. The highest BCUT2D eigenvalue weighted by atomic mass is 79.9. The van der Waals surface area contributed by atoms with Crippen molar-refractivity contribution >= 4 is 15.9 Å². The molecule has 0 aliphatic rings. The van der Waals surface area contributed by atoms with Crippen LogP contribution in [0, 0.1) is 6.92 Å². The summed E-state index contributed by atoms with van der Waals surface area (Å²) in [6.07, 6.45) is 2.47. The van der Waals surface area contributed by atoms with Crippen LogP contribution in [0.4, 0.5) is 0 Å². The predicted octanol–water partition coefficient (Wildman–Crippen LogP) is 3.11. The SMILES string of the molecule is COc1ccc(Br)c(CC(NN)c2coc(C)c2)c1. The maximum absolute atomic E-state index is 5.64. The van der Waals surface area contributed by atoms with Gasteiger partial charge >= 0.3 is 0 Å². The second-order valence-electron chi connectivity index (χ2n) is 4.37. The molecule has 0 amide bonds. The van der Waals surface area contributed by atoms with Crippen LogP contribution in [0.3, 0.4) is 0 Å². The average molecular weight is 325 g/mol. The molecule has 5 heteroatoms. The van der Waals surface area contributed by atoms with Crippen molar-refractivity contribution in [2.24, 2.45) is 5.84 Å². The fourth-order valence-corrected chi connectivity index (χ4v) is 2.38. The maximum atomic E-state index is 5.64. The number of nitrogens with one attached hydrogen (secondary N) is 1. The summed E-state index contributed by atoms with van der Waals surface area (Å²) in [6, 6.07) is 7.88. The molecule has 102 valence electrons. The van der Waals surface area contributed by atoms with Crippen molar-refractivity contribution in [3.63, 3.8) is 0 Å². The second kappa shape index (κ2) is 6.23. The van der Waals surface area contributed by atoms with Crippen molar-refractivity contribution in [3.05, 3.63) is 51.9 Å². The number of hydrogen-bond acceptors (Lipinski definition) is 4. The highest BCUT2D eigenvalue weighted by Crippen LogP contribution is 2.27. The molecule has 1 heterocycles. The first-order valence-electron chi connectivity index (χ1n) is 5.97. The summed E-state index contributed by atoms with van der Waals surface area (Å²) in [7, 11) is 1.66. The van der Waals surface area contributed by atoms with Gasteiger partial charge in [0.15, 0.2) is 0 Å². The summed E-state index contributed by atoms with van der Waals surface area (Å²) in [4.78, 5) is 0. The molecule has 0 aliphatic carbocycles. The number of aryl methyl sites for hydroxylation is 1. The van der Waals surface area contributed by atoms with Crippen LogP contribution in [-0.2, 0) is 6.42 Å². The first-order chi connectivity index (χ1) is 9.13. The van der Waals surface area contributed by atoms with Crippen LogP contribution in [0.1, 0.15) is 22.9 Å². The molecular formula is C14H17BrN2O2. The molecule has 0 spiro atoms. The normalized spacial score (nSPS) is 12.4. The van der Waals surface area contributed by atoms with Gasteiger partial charge in [0.2, 0.25) is 0 Å². The largest absolute Gasteiger partial charge is 0.497 e. The molecule has 1 aromatic heterocycles. The molecule has 0 aliphatic heterocycles. The van der Waals surface area contributed by atoms with E-state index in [0.29, 0.717) is 0 Å². The van der Waals surface area contributed by atoms with Gasteiger partial charge in [-0.25, -0.2) is 0 Å². The lowest BCUT2D eigenvalue weighted by Gasteiger charge is -2.15. The van der Waals surface area contributed by atoms with E-state index < -0.39 is 0 Å². The minimum atomic E-state index is 0.000793. The maximum Gasteiger partial charge on any atom is 0.119 e. The van der Waals surface area contributed by atoms with Crippen LogP contribution >= 0.6 is 15.9 Å². The number of nitrogens with two attached hydrogens (primary N) is 1. The van der Waals surface area contributed by atoms with E-state index in [2.05, 4.69) is 21.4 Å². The van der Waals surface area contributed by atoms with E-state index in [9.17, 15) is 0 Å². The summed E-state index contributed by atoms with van der Waals surface area (Å²) in [5, 5.41) is 0. The van der Waals surface area contributed by atoms with Gasteiger partial charge in [0.25, 0.3) is 0 Å². The van der Waals surface area contributed by atoms with E-state index >= 15 is 0 Å². The van der Waals surface area contributed by atoms with E-state index in [-0.39, 0.29) is 6.04 Å². The molecule has 1 aromatic carbocycles. The van der Waals surface area contributed by atoms with Crippen LogP contribution in [0.5, 0.6) is 5.75 Å². The Kier molecular flexibility index (Phi) is 4.63. The lowest BCUT2D eigenvalue weighted by molar-refractivity contribution is 0.413. The Labute approximate surface area is 121 Å². The minimum absolute atomic E-state index is 0.000793. The summed E-state index contributed by atoms with van der Waals surface area (Å²) in [5.41, 5.74) is 4.99. The number of benzene rings is 1. The Morgan fingerprint density at radius 1 is 1.42 bits per heavy atom. The average Bonchev–Trinajstić information content (AvgIpc) is 2.84. The summed E-state index contributed by atoms with van der Waals surface area (Å²) >= 11 is 3.55. The zero-order valence-corrected chi connectivity index (χ0v) is 12.5. The third-order valence-electron chi connectivity index (χ3n) is 3.03. The van der Waals surface area contributed by atoms with Crippen LogP contribution in [-0.4, -0.2) is 7.11 Å². The number of rotatable bonds is 5. The quantitative estimate of drug-likeness (QED) is 0.655. The van der Waals surface area contributed by atoms with E-state index in [1.807, 2.05) is 31.2 Å². The fourth-order valence-electron chi connectivity index (χ4n) is 1.97. The molecule has 2 aromatic rings. The van der Waals surface area contributed by atoms with Crippen molar-refractivity contribution < 1.29 is 9.15 Å². The Hall–Kier alpha value is -1.30. The molecule has 4 nitrogen and oxygen atoms in total. The topological polar surface area (TPSA) is 60.4 Å². The lowest BCUT2D eigenvalue weighted by Crippen LogP contribution is -2.29. The van der Waals surface area contributed by atoms with Crippen molar-refractivity contribution in [2.45, 2.75) is 19.4 Å². The van der Waals surface area contributed by atoms with Gasteiger partial charge in [-0.15, -0.1) is 0 Å². The Morgan fingerprint density at radius 2 is 2.21 bits per heavy atom. The molecule has 0 radical (unpaired) electrons. The summed E-state index contributed by atoms with van der Waals surface area (Å²) in [5.74, 6) is 7.35. The monoisotopic (exact) mass is 324 g/mol. The molecule has 2 rings (SSSR count). The number of halogens is 1. The molecule has 0 bridgehead atoms. The van der Waals surface area contributed by atoms with Gasteiger partial charge in [0, 0.05) is 10.0 Å². The minimum Gasteiger partial charge on any atom is -0.497 e. The van der Waals surface area contributed by atoms with Crippen LogP contribution < -0.4 is 16.0 Å². The van der Waals surface area contributed by atoms with Gasteiger partial charge in [0.05, 0.1) is 19.4 Å². The number of methoxy groups -OCH3 is 1. The summed E-state index contributed by atoms with van der Waals surface area (Å²) in [6.45, 7) is 1.92. The third kappa shape index (κ3) is 3.37. The third-order valence-corrected chi connectivity index (χ3v) is 3.80. The van der Waals surface area contributed by atoms with Crippen LogP contribution in [0.25, 0.3) is 0 Å². The molecular weight excluding hydrogens is 308 g/mol. The first kappa shape index (κ1) is 14.1. The smallest absolute Gasteiger partial charge is 0.119 e. The zero-order chi connectivity index (χ0) is 13.8. The van der Waals surface area contributed by atoms with Gasteiger partial charge in [0.1, 0.15) is 11.5 Å². The Morgan fingerprint density at radius 3 is 2.79 bits per heavy atom. The van der Waals surface area contributed by atoms with E-state index in [1.54, 1.807) is 13.4 Å². The van der Waals surface area contributed by atoms with Crippen molar-refractivity contribution in [1.82, 2.24) is 5.43 Å². The first-order valence-corrected chi connectivity index (χ1v) is 6.77.